The van der Waals surface area contributed by atoms with Gasteiger partial charge in [-0.1, -0.05) is 24.3 Å². The summed E-state index contributed by atoms with van der Waals surface area (Å²) in [5, 5.41) is 11.6. The van der Waals surface area contributed by atoms with Crippen molar-refractivity contribution < 1.29 is 14.5 Å². The minimum absolute atomic E-state index is 0.00485. The van der Waals surface area contributed by atoms with Crippen molar-refractivity contribution in [2.45, 2.75) is 17.9 Å². The molecule has 2 aromatic carbocycles. The van der Waals surface area contributed by atoms with Crippen LogP contribution >= 0.6 is 11.8 Å². The highest BCUT2D eigenvalue weighted by Crippen LogP contribution is 2.31. The molecule has 0 unspecified atom stereocenters. The second-order valence-corrected chi connectivity index (χ2v) is 8.62. The van der Waals surface area contributed by atoms with E-state index in [9.17, 15) is 14.9 Å². The van der Waals surface area contributed by atoms with Crippen LogP contribution in [0.5, 0.6) is 0 Å². The Bertz CT molecular complexity index is 930. The lowest BCUT2D eigenvalue weighted by molar-refractivity contribution is -0.387. The van der Waals surface area contributed by atoms with E-state index in [1.165, 1.54) is 23.4 Å². The molecule has 2 aromatic rings. The van der Waals surface area contributed by atoms with E-state index in [1.54, 1.807) is 17.0 Å². The highest BCUT2D eigenvalue weighted by molar-refractivity contribution is 7.99. The second kappa shape index (κ2) is 9.59. The van der Waals surface area contributed by atoms with Gasteiger partial charge in [0.1, 0.15) is 0 Å². The number of nitrogens with zero attached hydrogens (tertiary/aromatic N) is 3. The van der Waals surface area contributed by atoms with Crippen molar-refractivity contribution in [1.29, 1.82) is 0 Å². The molecule has 2 heterocycles. The van der Waals surface area contributed by atoms with E-state index in [0.717, 1.165) is 50.6 Å². The van der Waals surface area contributed by atoms with Gasteiger partial charge < -0.3 is 9.64 Å². The molecule has 4 rings (SSSR count). The fourth-order valence-electron chi connectivity index (χ4n) is 3.88. The number of nitro benzene ring substituents is 1. The van der Waals surface area contributed by atoms with E-state index in [4.69, 9.17) is 4.74 Å². The second-order valence-electron chi connectivity index (χ2n) is 7.49. The van der Waals surface area contributed by atoms with Crippen molar-refractivity contribution in [3.63, 3.8) is 0 Å². The third kappa shape index (κ3) is 4.83. The number of ether oxygens (including phenoxy) is 1. The summed E-state index contributed by atoms with van der Waals surface area (Å²) < 4.78 is 5.35. The molecule has 0 spiro atoms. The fourth-order valence-corrected chi connectivity index (χ4v) is 4.89. The number of morpholine rings is 1. The highest BCUT2D eigenvalue weighted by Gasteiger charge is 2.24. The van der Waals surface area contributed by atoms with Crippen LogP contribution in [0.2, 0.25) is 0 Å². The summed E-state index contributed by atoms with van der Waals surface area (Å²) in [6.07, 6.45) is 0.805. The number of carbonyl (C=O) groups excluding carboxylic acids is 1. The molecule has 158 valence electrons. The van der Waals surface area contributed by atoms with Crippen molar-refractivity contribution >= 4 is 23.4 Å². The van der Waals surface area contributed by atoms with Crippen molar-refractivity contribution in [2.75, 3.05) is 45.1 Å². The average Bonchev–Trinajstić information content (AvgIpc) is 2.79. The summed E-state index contributed by atoms with van der Waals surface area (Å²) in [4.78, 5) is 28.9. The zero-order chi connectivity index (χ0) is 20.9. The van der Waals surface area contributed by atoms with Gasteiger partial charge in [-0.05, 0) is 29.7 Å². The summed E-state index contributed by atoms with van der Waals surface area (Å²) >= 11 is 1.47. The number of fused-ring (bicyclic) bond motifs is 1. The number of thioether (sulfide) groups is 1. The first-order valence-corrected chi connectivity index (χ1v) is 11.2. The third-order valence-electron chi connectivity index (χ3n) is 5.59. The number of hydrogen-bond acceptors (Lipinski definition) is 6. The lowest BCUT2D eigenvalue weighted by Gasteiger charge is -2.29. The summed E-state index contributed by atoms with van der Waals surface area (Å²) in [7, 11) is 0. The lowest BCUT2D eigenvalue weighted by Crippen LogP contribution is -2.37. The quantitative estimate of drug-likeness (QED) is 0.400. The molecule has 0 aliphatic carbocycles. The Hall–Kier alpha value is -2.42. The molecule has 0 atom stereocenters. The van der Waals surface area contributed by atoms with Gasteiger partial charge in [-0.25, -0.2) is 0 Å². The normalized spacial score (nSPS) is 16.9. The zero-order valence-electron chi connectivity index (χ0n) is 16.8. The van der Waals surface area contributed by atoms with E-state index in [0.29, 0.717) is 23.5 Å². The van der Waals surface area contributed by atoms with Crippen LogP contribution in [-0.4, -0.2) is 65.8 Å². The molecule has 0 N–H and O–H groups in total. The van der Waals surface area contributed by atoms with Crippen LogP contribution < -0.4 is 0 Å². The largest absolute Gasteiger partial charge is 0.379 e. The zero-order valence-corrected chi connectivity index (χ0v) is 17.6. The standard InChI is InChI=1S/C22H25N3O4S/c26-22(24-8-7-17-3-1-2-4-19(17)16-24)18-5-6-21(20(15-18)25(27)28)30-14-11-23-9-12-29-13-10-23/h1-6,15H,7-14,16H2. The van der Waals surface area contributed by atoms with Gasteiger partial charge in [-0.2, -0.15) is 0 Å². The van der Waals surface area contributed by atoms with Crippen LogP contribution in [0.1, 0.15) is 21.5 Å². The summed E-state index contributed by atoms with van der Waals surface area (Å²) in [5.41, 5.74) is 2.78. The molecule has 0 radical (unpaired) electrons. The Morgan fingerprint density at radius 2 is 1.87 bits per heavy atom. The van der Waals surface area contributed by atoms with Gasteiger partial charge in [-0.15, -0.1) is 11.8 Å². The molecular weight excluding hydrogens is 402 g/mol. The first-order valence-electron chi connectivity index (χ1n) is 10.2. The maximum absolute atomic E-state index is 13.0. The molecule has 1 amide bonds. The molecule has 30 heavy (non-hydrogen) atoms. The van der Waals surface area contributed by atoms with Crippen molar-refractivity contribution in [2.24, 2.45) is 0 Å². The molecule has 8 heteroatoms. The Morgan fingerprint density at radius 3 is 2.63 bits per heavy atom. The van der Waals surface area contributed by atoms with E-state index in [1.807, 2.05) is 18.2 Å². The Labute approximate surface area is 180 Å². The topological polar surface area (TPSA) is 75.9 Å². The van der Waals surface area contributed by atoms with Gasteiger partial charge in [0.2, 0.25) is 0 Å². The predicted molar refractivity (Wildman–Crippen MR) is 116 cm³/mol. The average molecular weight is 428 g/mol. The van der Waals surface area contributed by atoms with Crippen molar-refractivity contribution in [1.82, 2.24) is 9.80 Å². The fraction of sp³-hybridized carbons (Fsp3) is 0.409. The van der Waals surface area contributed by atoms with Gasteiger partial charge in [-0.3, -0.25) is 19.8 Å². The predicted octanol–water partition coefficient (Wildman–Crippen LogP) is 3.22. The van der Waals surface area contributed by atoms with Crippen LogP contribution in [0.25, 0.3) is 0 Å². The highest BCUT2D eigenvalue weighted by atomic mass is 32.2. The van der Waals surface area contributed by atoms with Crippen LogP contribution in [0, 0.1) is 10.1 Å². The molecule has 0 aromatic heterocycles. The number of amides is 1. The number of benzene rings is 2. The Balaban J connectivity index is 1.43. The Morgan fingerprint density at radius 1 is 1.10 bits per heavy atom. The van der Waals surface area contributed by atoms with Crippen molar-refractivity contribution in [3.05, 3.63) is 69.3 Å². The molecule has 1 saturated heterocycles. The van der Waals surface area contributed by atoms with Crippen molar-refractivity contribution in [3.8, 4) is 0 Å². The number of nitro groups is 1. The molecule has 0 saturated carbocycles. The number of carbonyl (C=O) groups is 1. The SMILES string of the molecule is O=C(c1ccc(SCCN2CCOCC2)c([N+](=O)[O-])c1)N1CCc2ccccc2C1. The first kappa shape index (κ1) is 20.8. The summed E-state index contributed by atoms with van der Waals surface area (Å²) in [6, 6.07) is 13.0. The van der Waals surface area contributed by atoms with Crippen LogP contribution in [0.15, 0.2) is 47.4 Å². The van der Waals surface area contributed by atoms with E-state index >= 15 is 0 Å². The molecular formula is C22H25N3O4S. The lowest BCUT2D eigenvalue weighted by atomic mass is 9.99. The summed E-state index contributed by atoms with van der Waals surface area (Å²) in [6.45, 7) is 5.30. The van der Waals surface area contributed by atoms with Crippen LogP contribution in [0.3, 0.4) is 0 Å². The summed E-state index contributed by atoms with van der Waals surface area (Å²) in [5.74, 6) is 0.606. The molecule has 7 nitrogen and oxygen atoms in total. The van der Waals surface area contributed by atoms with Gasteiger partial charge in [0.15, 0.2) is 0 Å². The van der Waals surface area contributed by atoms with Gasteiger partial charge in [0, 0.05) is 50.1 Å². The Kier molecular flexibility index (Phi) is 6.66. The molecule has 0 bridgehead atoms. The van der Waals surface area contributed by atoms with Crippen LogP contribution in [-0.2, 0) is 17.7 Å². The van der Waals surface area contributed by atoms with E-state index < -0.39 is 0 Å². The maximum atomic E-state index is 13.0. The monoisotopic (exact) mass is 427 g/mol. The minimum Gasteiger partial charge on any atom is -0.379 e. The minimum atomic E-state index is -0.390. The van der Waals surface area contributed by atoms with E-state index in [2.05, 4.69) is 11.0 Å². The molecule has 2 aliphatic heterocycles. The molecule has 2 aliphatic rings. The number of rotatable bonds is 6. The van der Waals surface area contributed by atoms with Gasteiger partial charge in [0.25, 0.3) is 11.6 Å². The third-order valence-corrected chi connectivity index (χ3v) is 6.63. The maximum Gasteiger partial charge on any atom is 0.283 e. The smallest absolute Gasteiger partial charge is 0.283 e. The van der Waals surface area contributed by atoms with E-state index in [-0.39, 0.29) is 16.5 Å². The van der Waals surface area contributed by atoms with Gasteiger partial charge in [0.05, 0.1) is 23.0 Å². The molecule has 1 fully saturated rings. The van der Waals surface area contributed by atoms with Gasteiger partial charge >= 0.3 is 0 Å². The van der Waals surface area contributed by atoms with Crippen LogP contribution in [0.4, 0.5) is 5.69 Å². The number of hydrogen-bond donors (Lipinski definition) is 0. The first-order chi connectivity index (χ1) is 14.6.